The number of primary amides is 1. The average molecular weight is 511 g/mol. The lowest BCUT2D eigenvalue weighted by Crippen LogP contribution is -2.39. The van der Waals surface area contributed by atoms with Crippen LogP contribution in [0.4, 0.5) is 14.5 Å². The third-order valence-electron chi connectivity index (χ3n) is 4.97. The minimum Gasteiger partial charge on any atom is -0.493 e. The molecule has 0 aliphatic heterocycles. The number of hydrogen-bond acceptors (Lipinski definition) is 5. The number of methoxy groups -OCH3 is 2. The Bertz CT molecular complexity index is 1330. The minimum atomic E-state index is -4.37. The van der Waals surface area contributed by atoms with E-state index in [0.29, 0.717) is 5.75 Å². The van der Waals surface area contributed by atoms with Gasteiger partial charge in [-0.25, -0.2) is 17.2 Å². The first-order valence-electron chi connectivity index (χ1n) is 9.83. The lowest BCUT2D eigenvalue weighted by Gasteiger charge is -2.26. The largest absolute Gasteiger partial charge is 0.493 e. The highest BCUT2D eigenvalue weighted by Crippen LogP contribution is 2.35. The Kier molecular flexibility index (Phi) is 7.63. The van der Waals surface area contributed by atoms with E-state index in [1.54, 1.807) is 0 Å². The Labute approximate surface area is 200 Å². The van der Waals surface area contributed by atoms with Crippen molar-refractivity contribution in [2.24, 2.45) is 5.73 Å². The van der Waals surface area contributed by atoms with Crippen LogP contribution in [-0.2, 0) is 21.2 Å². The van der Waals surface area contributed by atoms with E-state index in [2.05, 4.69) is 0 Å². The summed E-state index contributed by atoms with van der Waals surface area (Å²) >= 11 is 6.11. The van der Waals surface area contributed by atoms with Crippen molar-refractivity contribution in [3.63, 3.8) is 0 Å². The number of ether oxygens (including phenoxy) is 2. The second-order valence-electron chi connectivity index (χ2n) is 7.16. The van der Waals surface area contributed by atoms with Gasteiger partial charge in [0, 0.05) is 17.5 Å². The van der Waals surface area contributed by atoms with Gasteiger partial charge in [0.05, 0.1) is 24.8 Å². The van der Waals surface area contributed by atoms with Crippen LogP contribution >= 0.6 is 11.6 Å². The van der Waals surface area contributed by atoms with Gasteiger partial charge in [-0.1, -0.05) is 23.7 Å². The van der Waals surface area contributed by atoms with Crippen LogP contribution in [0.5, 0.6) is 11.5 Å². The van der Waals surface area contributed by atoms with Crippen LogP contribution in [-0.4, -0.2) is 35.1 Å². The van der Waals surface area contributed by atoms with Crippen LogP contribution in [0.1, 0.15) is 11.1 Å². The van der Waals surface area contributed by atoms with Gasteiger partial charge in [-0.05, 0) is 47.5 Å². The van der Waals surface area contributed by atoms with Crippen molar-refractivity contribution in [2.45, 2.75) is 11.3 Å². The molecule has 0 atom stereocenters. The zero-order chi connectivity index (χ0) is 25.0. The number of carbonyl (C=O) groups is 1. The molecule has 1 amide bonds. The van der Waals surface area contributed by atoms with Crippen molar-refractivity contribution < 1.29 is 31.5 Å². The zero-order valence-electron chi connectivity index (χ0n) is 18.2. The van der Waals surface area contributed by atoms with E-state index in [0.717, 1.165) is 10.4 Å². The summed E-state index contributed by atoms with van der Waals surface area (Å²) in [5.41, 5.74) is 5.60. The second-order valence-corrected chi connectivity index (χ2v) is 9.46. The number of anilines is 1. The standard InChI is InChI=1S/C23H21ClF2N2O5S/c1-32-20-9-7-17(12-21(20)33-2)34(30,31)28(13-22(27)29)19-8-6-16(24)11-15(19)10-14-4-3-5-18(25)23(14)26/h3-9,11-12H,10,13H2,1-2H3,(H2,27,29). The Morgan fingerprint density at radius 2 is 1.71 bits per heavy atom. The molecule has 3 aromatic carbocycles. The highest BCUT2D eigenvalue weighted by Gasteiger charge is 2.29. The molecule has 7 nitrogen and oxygen atoms in total. The van der Waals surface area contributed by atoms with Gasteiger partial charge in [0.2, 0.25) is 5.91 Å². The van der Waals surface area contributed by atoms with Crippen LogP contribution in [0.15, 0.2) is 59.5 Å². The van der Waals surface area contributed by atoms with Gasteiger partial charge in [-0.2, -0.15) is 0 Å². The first-order valence-corrected chi connectivity index (χ1v) is 11.6. The van der Waals surface area contributed by atoms with Crippen molar-refractivity contribution in [1.29, 1.82) is 0 Å². The fraction of sp³-hybridized carbons (Fsp3) is 0.174. The molecule has 2 N–H and O–H groups in total. The molecule has 0 radical (unpaired) electrons. The molecule has 3 rings (SSSR count). The fourth-order valence-corrected chi connectivity index (χ4v) is 5.05. The molecule has 0 saturated heterocycles. The molecule has 0 heterocycles. The molecule has 0 unspecified atom stereocenters. The number of hydrogen-bond donors (Lipinski definition) is 1. The van der Waals surface area contributed by atoms with E-state index >= 15 is 0 Å². The molecule has 0 saturated carbocycles. The second kappa shape index (κ2) is 10.3. The first-order chi connectivity index (χ1) is 16.1. The summed E-state index contributed by atoms with van der Waals surface area (Å²) in [5, 5.41) is 0.234. The smallest absolute Gasteiger partial charge is 0.264 e. The van der Waals surface area contributed by atoms with Gasteiger partial charge in [0.15, 0.2) is 23.1 Å². The predicted octanol–water partition coefficient (Wildman–Crippen LogP) is 3.91. The topological polar surface area (TPSA) is 98.9 Å². The number of nitrogens with two attached hydrogens (primary N) is 1. The maximum Gasteiger partial charge on any atom is 0.264 e. The molecule has 0 aliphatic carbocycles. The number of halogens is 3. The van der Waals surface area contributed by atoms with Gasteiger partial charge < -0.3 is 15.2 Å². The molecule has 180 valence electrons. The van der Waals surface area contributed by atoms with Crippen LogP contribution < -0.4 is 19.5 Å². The van der Waals surface area contributed by atoms with Gasteiger partial charge in [-0.15, -0.1) is 0 Å². The summed E-state index contributed by atoms with van der Waals surface area (Å²) in [6, 6.07) is 11.8. The van der Waals surface area contributed by atoms with Crippen LogP contribution in [0.25, 0.3) is 0 Å². The van der Waals surface area contributed by atoms with Crippen LogP contribution in [0.2, 0.25) is 5.02 Å². The molecule has 0 spiro atoms. The molecule has 0 aliphatic rings. The monoisotopic (exact) mass is 510 g/mol. The number of sulfonamides is 1. The number of amides is 1. The molecule has 0 bridgehead atoms. The summed E-state index contributed by atoms with van der Waals surface area (Å²) in [4.78, 5) is 11.7. The maximum atomic E-state index is 14.3. The first kappa shape index (κ1) is 25.3. The summed E-state index contributed by atoms with van der Waals surface area (Å²) in [5.74, 6) is -2.59. The summed E-state index contributed by atoms with van der Waals surface area (Å²) < 4.78 is 66.4. The van der Waals surface area contributed by atoms with Gasteiger partial charge in [0.25, 0.3) is 10.0 Å². The van der Waals surface area contributed by atoms with Gasteiger partial charge in [-0.3, -0.25) is 9.10 Å². The lowest BCUT2D eigenvalue weighted by atomic mass is 10.0. The zero-order valence-corrected chi connectivity index (χ0v) is 19.8. The highest BCUT2D eigenvalue weighted by atomic mass is 35.5. The third kappa shape index (κ3) is 5.23. The van der Waals surface area contributed by atoms with Crippen molar-refractivity contribution in [1.82, 2.24) is 0 Å². The Morgan fingerprint density at radius 1 is 1.00 bits per heavy atom. The molecule has 0 fully saturated rings. The highest BCUT2D eigenvalue weighted by molar-refractivity contribution is 7.92. The number of rotatable bonds is 9. The van der Waals surface area contributed by atoms with E-state index in [1.165, 1.54) is 62.8 Å². The number of nitrogens with zero attached hydrogens (tertiary/aromatic N) is 1. The summed E-state index contributed by atoms with van der Waals surface area (Å²) in [6.45, 7) is -0.711. The van der Waals surface area contributed by atoms with Crippen LogP contribution in [0, 0.1) is 11.6 Å². The van der Waals surface area contributed by atoms with E-state index in [-0.39, 0.29) is 38.9 Å². The molecule has 34 heavy (non-hydrogen) atoms. The van der Waals surface area contributed by atoms with Crippen molar-refractivity contribution in [3.05, 3.63) is 82.4 Å². The van der Waals surface area contributed by atoms with Crippen LogP contribution in [0.3, 0.4) is 0 Å². The summed E-state index contributed by atoms with van der Waals surface area (Å²) in [6.07, 6.45) is -0.198. The third-order valence-corrected chi connectivity index (χ3v) is 6.96. The van der Waals surface area contributed by atoms with Crippen molar-refractivity contribution in [3.8, 4) is 11.5 Å². The normalized spacial score (nSPS) is 11.2. The Hall–Kier alpha value is -3.37. The Balaban J connectivity index is 2.17. The molecule has 0 aromatic heterocycles. The van der Waals surface area contributed by atoms with Gasteiger partial charge >= 0.3 is 0 Å². The lowest BCUT2D eigenvalue weighted by molar-refractivity contribution is -0.116. The quantitative estimate of drug-likeness (QED) is 0.470. The van der Waals surface area contributed by atoms with E-state index in [4.69, 9.17) is 26.8 Å². The van der Waals surface area contributed by atoms with E-state index < -0.39 is 34.1 Å². The van der Waals surface area contributed by atoms with Crippen molar-refractivity contribution in [2.75, 3.05) is 25.1 Å². The maximum absolute atomic E-state index is 14.3. The van der Waals surface area contributed by atoms with Gasteiger partial charge in [0.1, 0.15) is 6.54 Å². The Morgan fingerprint density at radius 3 is 2.35 bits per heavy atom. The van der Waals surface area contributed by atoms with Crippen molar-refractivity contribution >= 4 is 33.2 Å². The minimum absolute atomic E-state index is 0.0222. The number of benzene rings is 3. The molecule has 3 aromatic rings. The average Bonchev–Trinajstić information content (AvgIpc) is 2.80. The SMILES string of the molecule is COc1ccc(S(=O)(=O)N(CC(N)=O)c2ccc(Cl)cc2Cc2cccc(F)c2F)cc1OC. The molecule has 11 heteroatoms. The van der Waals surface area contributed by atoms with E-state index in [9.17, 15) is 22.0 Å². The van der Waals surface area contributed by atoms with E-state index in [1.807, 2.05) is 0 Å². The summed E-state index contributed by atoms with van der Waals surface area (Å²) in [7, 11) is -1.62. The number of carbonyl (C=O) groups excluding carboxylic acids is 1. The fourth-order valence-electron chi connectivity index (χ4n) is 3.37. The molecular weight excluding hydrogens is 490 g/mol. The molecular formula is C23H21ClF2N2O5S. The predicted molar refractivity (Wildman–Crippen MR) is 124 cm³/mol.